The van der Waals surface area contributed by atoms with Gasteiger partial charge in [-0.25, -0.2) is 4.74 Å². The van der Waals surface area contributed by atoms with Crippen LogP contribution in [0.4, 0.5) is 0 Å². The maximum Gasteiger partial charge on any atom is 0.191 e. The van der Waals surface area contributed by atoms with E-state index in [0.717, 1.165) is 16.0 Å². The molecule has 0 fully saturated rings. The summed E-state index contributed by atoms with van der Waals surface area (Å²) < 4.78 is 0.880. The summed E-state index contributed by atoms with van der Waals surface area (Å²) in [7, 11) is 1.51. The van der Waals surface area contributed by atoms with Crippen LogP contribution in [0, 0.1) is 12.1 Å². The zero-order chi connectivity index (χ0) is 9.14. The normalized spacial score (nSPS) is 12.6. The monoisotopic (exact) mass is 163 g/mol. The van der Waals surface area contributed by atoms with E-state index in [1.54, 1.807) is 0 Å². The second-order valence-electron chi connectivity index (χ2n) is 2.95. The minimum Gasteiger partial charge on any atom is -0.624 e. The van der Waals surface area contributed by atoms with Crippen LogP contribution in [0.3, 0.4) is 0 Å². The number of benzene rings is 1. The van der Waals surface area contributed by atoms with E-state index in [1.165, 1.54) is 12.6 Å². The highest BCUT2D eigenvalue weighted by Crippen LogP contribution is 2.03. The summed E-state index contributed by atoms with van der Waals surface area (Å²) in [5.74, 6) is 0. The molecule has 64 valence electrons. The molecule has 0 amide bonds. The number of aryl methyl sites for hydroxylation is 1. The lowest BCUT2D eigenvalue weighted by Gasteiger charge is -2.02. The molecule has 0 heterocycles. The molecule has 0 saturated carbocycles. The van der Waals surface area contributed by atoms with Crippen molar-refractivity contribution in [2.24, 2.45) is 0 Å². The van der Waals surface area contributed by atoms with Crippen molar-refractivity contribution in [3.8, 4) is 0 Å². The maximum atomic E-state index is 10.9. The molecule has 2 heteroatoms. The van der Waals surface area contributed by atoms with Crippen LogP contribution >= 0.6 is 0 Å². The topological polar surface area (TPSA) is 26.1 Å². The van der Waals surface area contributed by atoms with Crippen LogP contribution < -0.4 is 0 Å². The molecular formula is C10H13NO. The molecule has 0 bridgehead atoms. The van der Waals surface area contributed by atoms with Crippen molar-refractivity contribution in [3.05, 3.63) is 40.6 Å². The van der Waals surface area contributed by atoms with Gasteiger partial charge in [-0.15, -0.1) is 0 Å². The fraction of sp³-hybridized carbons (Fsp3) is 0.300. The first-order valence-corrected chi connectivity index (χ1v) is 3.92. The van der Waals surface area contributed by atoms with E-state index in [9.17, 15) is 5.21 Å². The molecule has 0 saturated heterocycles. The Morgan fingerprint density at radius 3 is 2.17 bits per heavy atom. The second kappa shape index (κ2) is 3.39. The smallest absolute Gasteiger partial charge is 0.191 e. The van der Waals surface area contributed by atoms with Crippen molar-refractivity contribution in [3.63, 3.8) is 0 Å². The Balaban J connectivity index is 3.06. The molecule has 1 rings (SSSR count). The van der Waals surface area contributed by atoms with Crippen molar-refractivity contribution < 1.29 is 4.74 Å². The van der Waals surface area contributed by atoms with Gasteiger partial charge in [0, 0.05) is 12.5 Å². The van der Waals surface area contributed by atoms with E-state index in [1.807, 2.05) is 38.1 Å². The minimum absolute atomic E-state index is 0.745. The molecule has 0 aromatic heterocycles. The fourth-order valence-corrected chi connectivity index (χ4v) is 0.977. The van der Waals surface area contributed by atoms with Gasteiger partial charge in [0.15, 0.2) is 5.71 Å². The summed E-state index contributed by atoms with van der Waals surface area (Å²) in [4.78, 5) is 0. The molecule has 0 atom stereocenters. The predicted octanol–water partition coefficient (Wildman–Crippen LogP) is 1.94. The van der Waals surface area contributed by atoms with Gasteiger partial charge < -0.3 is 5.21 Å². The van der Waals surface area contributed by atoms with Gasteiger partial charge in [-0.1, -0.05) is 17.7 Å². The molecule has 0 radical (unpaired) electrons. The van der Waals surface area contributed by atoms with Gasteiger partial charge >= 0.3 is 0 Å². The number of hydrogen-bond donors (Lipinski definition) is 0. The number of nitrogens with zero attached hydrogens (tertiary/aromatic N) is 1. The SMILES string of the molecule is CC(c1ccc(C)cc1)=[N+](C)[O-]. The first-order chi connectivity index (χ1) is 5.61. The van der Waals surface area contributed by atoms with E-state index in [4.69, 9.17) is 0 Å². The van der Waals surface area contributed by atoms with Gasteiger partial charge in [0.2, 0.25) is 0 Å². The third kappa shape index (κ3) is 1.84. The van der Waals surface area contributed by atoms with Crippen LogP contribution in [0.5, 0.6) is 0 Å². The lowest BCUT2D eigenvalue weighted by Crippen LogP contribution is -2.08. The molecular weight excluding hydrogens is 150 g/mol. The molecule has 12 heavy (non-hydrogen) atoms. The molecule has 2 nitrogen and oxygen atoms in total. The Kier molecular flexibility index (Phi) is 2.48. The number of hydroxylamine groups is 1. The first kappa shape index (κ1) is 8.78. The Morgan fingerprint density at radius 2 is 1.75 bits per heavy atom. The summed E-state index contributed by atoms with van der Waals surface area (Å²) in [6.45, 7) is 3.84. The molecule has 0 aliphatic heterocycles. The van der Waals surface area contributed by atoms with Gasteiger partial charge in [-0.2, -0.15) is 0 Å². The molecule has 0 spiro atoms. The van der Waals surface area contributed by atoms with E-state index < -0.39 is 0 Å². The van der Waals surface area contributed by atoms with Crippen LogP contribution in [-0.2, 0) is 0 Å². The van der Waals surface area contributed by atoms with Crippen LogP contribution in [-0.4, -0.2) is 17.5 Å². The molecule has 0 aliphatic carbocycles. The summed E-state index contributed by atoms with van der Waals surface area (Å²) in [5, 5.41) is 10.9. The van der Waals surface area contributed by atoms with E-state index >= 15 is 0 Å². The van der Waals surface area contributed by atoms with Crippen LogP contribution in [0.2, 0.25) is 0 Å². The molecule has 0 unspecified atom stereocenters. The highest BCUT2D eigenvalue weighted by atomic mass is 16.5. The number of rotatable bonds is 1. The van der Waals surface area contributed by atoms with Crippen molar-refractivity contribution in [2.75, 3.05) is 7.05 Å². The third-order valence-electron chi connectivity index (χ3n) is 1.94. The Bertz CT molecular complexity index is 294. The van der Waals surface area contributed by atoms with Gasteiger partial charge in [0.1, 0.15) is 7.05 Å². The number of hydrogen-bond acceptors (Lipinski definition) is 1. The zero-order valence-corrected chi connectivity index (χ0v) is 7.66. The molecule has 0 N–H and O–H groups in total. The van der Waals surface area contributed by atoms with E-state index in [-0.39, 0.29) is 0 Å². The van der Waals surface area contributed by atoms with Crippen LogP contribution in [0.15, 0.2) is 24.3 Å². The van der Waals surface area contributed by atoms with E-state index in [0.29, 0.717) is 0 Å². The maximum absolute atomic E-state index is 10.9. The summed E-state index contributed by atoms with van der Waals surface area (Å²) in [5.41, 5.74) is 2.94. The largest absolute Gasteiger partial charge is 0.624 e. The highest BCUT2D eigenvalue weighted by Gasteiger charge is 2.01. The quantitative estimate of drug-likeness (QED) is 0.269. The Hall–Kier alpha value is -1.31. The summed E-state index contributed by atoms with van der Waals surface area (Å²) in [6.07, 6.45) is 0. The summed E-state index contributed by atoms with van der Waals surface area (Å²) >= 11 is 0. The third-order valence-corrected chi connectivity index (χ3v) is 1.94. The van der Waals surface area contributed by atoms with Crippen LogP contribution in [0.25, 0.3) is 0 Å². The average Bonchev–Trinajstić information content (AvgIpc) is 2.04. The van der Waals surface area contributed by atoms with Crippen molar-refractivity contribution in [1.82, 2.24) is 0 Å². The lowest BCUT2D eigenvalue weighted by atomic mass is 10.1. The standard InChI is InChI=1S/C10H13NO/c1-8-4-6-10(7-5-8)9(2)11(3)12/h4-7H,1-3H3. The fourth-order valence-electron chi connectivity index (χ4n) is 0.977. The van der Waals surface area contributed by atoms with Crippen molar-refractivity contribution >= 4 is 5.71 Å². The minimum atomic E-state index is 0.745. The summed E-state index contributed by atoms with van der Waals surface area (Å²) in [6, 6.07) is 7.92. The first-order valence-electron chi connectivity index (χ1n) is 3.92. The molecule has 1 aromatic carbocycles. The average molecular weight is 163 g/mol. The molecule has 0 aliphatic rings. The zero-order valence-electron chi connectivity index (χ0n) is 7.66. The Morgan fingerprint density at radius 1 is 1.25 bits per heavy atom. The van der Waals surface area contributed by atoms with Crippen LogP contribution in [0.1, 0.15) is 18.1 Å². The Labute approximate surface area is 72.7 Å². The lowest BCUT2D eigenvalue weighted by molar-refractivity contribution is -0.422. The van der Waals surface area contributed by atoms with Gasteiger partial charge in [0.05, 0.1) is 0 Å². The van der Waals surface area contributed by atoms with Crippen molar-refractivity contribution in [1.29, 1.82) is 0 Å². The van der Waals surface area contributed by atoms with Gasteiger partial charge in [-0.05, 0) is 19.1 Å². The predicted molar refractivity (Wildman–Crippen MR) is 50.5 cm³/mol. The van der Waals surface area contributed by atoms with Crippen molar-refractivity contribution in [2.45, 2.75) is 13.8 Å². The van der Waals surface area contributed by atoms with E-state index in [2.05, 4.69) is 0 Å². The second-order valence-corrected chi connectivity index (χ2v) is 2.95. The van der Waals surface area contributed by atoms with Gasteiger partial charge in [-0.3, -0.25) is 0 Å². The molecule has 1 aromatic rings. The van der Waals surface area contributed by atoms with Gasteiger partial charge in [0.25, 0.3) is 0 Å². The highest BCUT2D eigenvalue weighted by molar-refractivity contribution is 5.94.